The molecule has 0 atom stereocenters. The average Bonchev–Trinajstić information content (AvgIpc) is 3.04. The Morgan fingerprint density at radius 2 is 1.45 bits per heavy atom. The van der Waals surface area contributed by atoms with E-state index >= 15 is 0 Å². The van der Waals surface area contributed by atoms with Gasteiger partial charge in [0.15, 0.2) is 17.3 Å². The van der Waals surface area contributed by atoms with Gasteiger partial charge in [0, 0.05) is 22.4 Å². The van der Waals surface area contributed by atoms with Crippen molar-refractivity contribution in [2.24, 2.45) is 0 Å². The molecule has 0 radical (unpaired) electrons. The number of carbonyl (C=O) groups is 3. The molecule has 0 aliphatic rings. The van der Waals surface area contributed by atoms with E-state index in [4.69, 9.17) is 25.8 Å². The highest BCUT2D eigenvalue weighted by atomic mass is 35.5. The molecule has 0 aliphatic heterocycles. The van der Waals surface area contributed by atoms with Gasteiger partial charge in [-0.15, -0.1) is 0 Å². The third kappa shape index (κ3) is 7.70. The number of benzene rings is 4. The van der Waals surface area contributed by atoms with Gasteiger partial charge in [0.2, 0.25) is 5.75 Å². The van der Waals surface area contributed by atoms with Crippen LogP contribution in [0.1, 0.15) is 31.8 Å². The molecule has 10 heteroatoms. The fraction of sp³-hybridized carbons (Fsp3) is 0.0882. The molecular weight excluding hydrogens is 587 g/mol. The van der Waals surface area contributed by atoms with Crippen molar-refractivity contribution in [1.29, 1.82) is 0 Å². The van der Waals surface area contributed by atoms with Crippen molar-refractivity contribution in [1.82, 2.24) is 5.32 Å². The van der Waals surface area contributed by atoms with E-state index in [1.807, 2.05) is 0 Å². The molecule has 4 aromatic carbocycles. The molecule has 2 amide bonds. The monoisotopic (exact) mass is 614 g/mol. The quantitative estimate of drug-likeness (QED) is 0.142. The van der Waals surface area contributed by atoms with E-state index in [0.717, 1.165) is 0 Å². The van der Waals surface area contributed by atoms with Crippen LogP contribution < -0.4 is 24.8 Å². The van der Waals surface area contributed by atoms with Crippen LogP contribution in [0.4, 0.5) is 10.1 Å². The molecule has 0 saturated carbocycles. The number of hydrogen-bond donors (Lipinski definition) is 2. The van der Waals surface area contributed by atoms with Gasteiger partial charge in [0.05, 0.1) is 26.4 Å². The summed E-state index contributed by atoms with van der Waals surface area (Å²) < 4.78 is 30.6. The third-order valence-electron chi connectivity index (χ3n) is 6.36. The van der Waals surface area contributed by atoms with Gasteiger partial charge in [-0.05, 0) is 78.4 Å². The number of amides is 2. The van der Waals surface area contributed by atoms with E-state index < -0.39 is 17.6 Å². The minimum Gasteiger partial charge on any atom is -0.493 e. The Hall–Kier alpha value is -5.41. The zero-order chi connectivity index (χ0) is 31.6. The number of hydrogen-bond acceptors (Lipinski definition) is 6. The van der Waals surface area contributed by atoms with Crippen LogP contribution in [0.5, 0.6) is 17.2 Å². The molecule has 0 bridgehead atoms. The normalized spacial score (nSPS) is 11.2. The predicted molar refractivity (Wildman–Crippen MR) is 168 cm³/mol. The van der Waals surface area contributed by atoms with Gasteiger partial charge in [-0.3, -0.25) is 14.4 Å². The molecule has 0 aliphatic carbocycles. The Kier molecular flexibility index (Phi) is 10.5. The van der Waals surface area contributed by atoms with Crippen molar-refractivity contribution in [3.8, 4) is 17.2 Å². The summed E-state index contributed by atoms with van der Waals surface area (Å²) in [6, 6.07) is 21.9. The largest absolute Gasteiger partial charge is 0.493 e. The maximum Gasteiger partial charge on any atom is 0.272 e. The van der Waals surface area contributed by atoms with Crippen LogP contribution in [0.2, 0.25) is 5.02 Å². The number of nitrogens with one attached hydrogen (secondary N) is 2. The summed E-state index contributed by atoms with van der Waals surface area (Å²) in [5.74, 6) is -0.921. The molecule has 0 spiro atoms. The highest BCUT2D eigenvalue weighted by Gasteiger charge is 2.18. The first kappa shape index (κ1) is 31.5. The molecule has 44 heavy (non-hydrogen) atoms. The topological polar surface area (TPSA) is 103 Å². The second-order valence-corrected chi connectivity index (χ2v) is 9.61. The highest BCUT2D eigenvalue weighted by molar-refractivity contribution is 6.32. The summed E-state index contributed by atoms with van der Waals surface area (Å²) in [6.07, 6.45) is 4.18. The van der Waals surface area contributed by atoms with Gasteiger partial charge < -0.3 is 24.8 Å². The van der Waals surface area contributed by atoms with Crippen molar-refractivity contribution in [2.45, 2.75) is 0 Å². The summed E-state index contributed by atoms with van der Waals surface area (Å²) in [4.78, 5) is 39.0. The summed E-state index contributed by atoms with van der Waals surface area (Å²) in [5.41, 5.74) is 1.35. The van der Waals surface area contributed by atoms with E-state index in [9.17, 15) is 18.8 Å². The van der Waals surface area contributed by atoms with Gasteiger partial charge >= 0.3 is 0 Å². The Morgan fingerprint density at radius 1 is 0.795 bits per heavy atom. The van der Waals surface area contributed by atoms with Crippen LogP contribution in [0, 0.1) is 5.82 Å². The Balaban J connectivity index is 1.52. The molecule has 2 N–H and O–H groups in total. The fourth-order valence-corrected chi connectivity index (χ4v) is 4.33. The third-order valence-corrected chi connectivity index (χ3v) is 6.69. The molecule has 0 saturated heterocycles. The first-order valence-electron chi connectivity index (χ1n) is 13.2. The lowest BCUT2D eigenvalue weighted by Crippen LogP contribution is -2.30. The molecular formula is C34H28ClFN2O6. The number of anilines is 1. The zero-order valence-electron chi connectivity index (χ0n) is 24.0. The molecule has 0 aromatic heterocycles. The maximum atomic E-state index is 14.5. The number of allylic oxidation sites excluding steroid dienone is 1. The van der Waals surface area contributed by atoms with Crippen LogP contribution in [-0.4, -0.2) is 38.9 Å². The van der Waals surface area contributed by atoms with Crippen LogP contribution in [0.3, 0.4) is 0 Å². The number of ether oxygens (including phenoxy) is 3. The fourth-order valence-electron chi connectivity index (χ4n) is 4.12. The molecule has 4 rings (SSSR count). The number of carbonyl (C=O) groups excluding carboxylic acids is 3. The van der Waals surface area contributed by atoms with Gasteiger partial charge in [0.25, 0.3) is 11.8 Å². The lowest BCUT2D eigenvalue weighted by atomic mass is 10.1. The van der Waals surface area contributed by atoms with E-state index in [1.165, 1.54) is 75.9 Å². The SMILES string of the molecule is COc1cc(/C=C/C(=O)c2ccc(NC(=O)/C(=C/c3c(F)cccc3Cl)NC(=O)c3ccccc3)cc2)cc(OC)c1OC. The lowest BCUT2D eigenvalue weighted by Gasteiger charge is -2.13. The minimum atomic E-state index is -0.727. The standard InChI is InChI=1S/C34H28ClFN2O6/c1-42-30-18-21(19-31(43-2)32(30)44-3)12-17-29(39)22-13-15-24(16-14-22)37-34(41)28(20-25-26(35)10-7-11-27(25)36)38-33(40)23-8-5-4-6-9-23/h4-20H,1-3H3,(H,37,41)(H,38,40)/b17-12+,28-20-. The minimum absolute atomic E-state index is 0.0618. The Labute approximate surface area is 258 Å². The summed E-state index contributed by atoms with van der Waals surface area (Å²) in [7, 11) is 4.50. The van der Waals surface area contributed by atoms with Crippen LogP contribution >= 0.6 is 11.6 Å². The molecule has 4 aromatic rings. The highest BCUT2D eigenvalue weighted by Crippen LogP contribution is 2.38. The van der Waals surface area contributed by atoms with E-state index in [2.05, 4.69) is 10.6 Å². The molecule has 224 valence electrons. The number of halogens is 2. The van der Waals surface area contributed by atoms with Crippen molar-refractivity contribution in [2.75, 3.05) is 26.6 Å². The zero-order valence-corrected chi connectivity index (χ0v) is 24.8. The second-order valence-electron chi connectivity index (χ2n) is 9.20. The van der Waals surface area contributed by atoms with Crippen molar-refractivity contribution < 1.29 is 33.0 Å². The number of methoxy groups -OCH3 is 3. The van der Waals surface area contributed by atoms with Crippen molar-refractivity contribution in [3.63, 3.8) is 0 Å². The predicted octanol–water partition coefficient (Wildman–Crippen LogP) is 6.81. The molecule has 0 fully saturated rings. The van der Waals surface area contributed by atoms with Crippen molar-refractivity contribution in [3.05, 3.63) is 130 Å². The van der Waals surface area contributed by atoms with E-state index in [1.54, 1.807) is 48.5 Å². The number of ketones is 1. The van der Waals surface area contributed by atoms with E-state index in [0.29, 0.717) is 39.6 Å². The van der Waals surface area contributed by atoms with Gasteiger partial charge in [-0.25, -0.2) is 4.39 Å². The molecule has 0 heterocycles. The summed E-state index contributed by atoms with van der Waals surface area (Å²) >= 11 is 6.16. The van der Waals surface area contributed by atoms with Gasteiger partial charge in [-0.2, -0.15) is 0 Å². The molecule has 8 nitrogen and oxygen atoms in total. The Morgan fingerprint density at radius 3 is 2.05 bits per heavy atom. The first-order chi connectivity index (χ1) is 21.2. The summed E-state index contributed by atoms with van der Waals surface area (Å²) in [6.45, 7) is 0. The number of rotatable bonds is 11. The van der Waals surface area contributed by atoms with Crippen LogP contribution in [0.15, 0.2) is 96.7 Å². The molecule has 0 unspecified atom stereocenters. The van der Waals surface area contributed by atoms with Crippen LogP contribution in [-0.2, 0) is 4.79 Å². The van der Waals surface area contributed by atoms with Crippen LogP contribution in [0.25, 0.3) is 12.2 Å². The summed E-state index contributed by atoms with van der Waals surface area (Å²) in [5, 5.41) is 5.26. The Bertz CT molecular complexity index is 1690. The van der Waals surface area contributed by atoms with Crippen molar-refractivity contribution >= 4 is 47.0 Å². The smallest absolute Gasteiger partial charge is 0.272 e. The second kappa shape index (κ2) is 14.7. The van der Waals surface area contributed by atoms with Gasteiger partial charge in [0.1, 0.15) is 11.5 Å². The first-order valence-corrected chi connectivity index (χ1v) is 13.6. The maximum absolute atomic E-state index is 14.5. The lowest BCUT2D eigenvalue weighted by molar-refractivity contribution is -0.113. The van der Waals surface area contributed by atoms with Gasteiger partial charge in [-0.1, -0.05) is 41.9 Å². The van der Waals surface area contributed by atoms with E-state index in [-0.39, 0.29) is 22.1 Å². The average molecular weight is 615 g/mol.